The molecule has 0 unspecified atom stereocenters. The molecule has 1 aromatic carbocycles. The number of unbranched alkanes of at least 4 members (excludes halogenated alkanes) is 1. The van der Waals surface area contributed by atoms with E-state index in [2.05, 4.69) is 6.92 Å². The molecular formula is C23H31FO6. The van der Waals surface area contributed by atoms with Gasteiger partial charge in [0.2, 0.25) is 0 Å². The quantitative estimate of drug-likeness (QED) is 0.530. The number of ketones is 1. The van der Waals surface area contributed by atoms with Gasteiger partial charge in [0.1, 0.15) is 17.2 Å². The lowest BCUT2D eigenvalue weighted by atomic mass is 9.72. The highest BCUT2D eigenvalue weighted by atomic mass is 19.1. The van der Waals surface area contributed by atoms with Crippen molar-refractivity contribution < 1.29 is 32.9 Å². The molecule has 3 rings (SSSR count). The molecule has 0 saturated carbocycles. The zero-order chi connectivity index (χ0) is 21.7. The molecule has 1 saturated heterocycles. The normalized spacial score (nSPS) is 24.1. The van der Waals surface area contributed by atoms with E-state index >= 15 is 0 Å². The van der Waals surface area contributed by atoms with Crippen LogP contribution in [-0.4, -0.2) is 45.6 Å². The molecule has 166 valence electrons. The number of benzene rings is 1. The third-order valence-electron chi connectivity index (χ3n) is 5.95. The van der Waals surface area contributed by atoms with E-state index in [0.29, 0.717) is 48.9 Å². The molecule has 1 heterocycles. The summed E-state index contributed by atoms with van der Waals surface area (Å²) in [5, 5.41) is 0. The van der Waals surface area contributed by atoms with Crippen molar-refractivity contribution in [2.75, 3.05) is 34.2 Å². The number of hydrogen-bond donors (Lipinski definition) is 0. The monoisotopic (exact) mass is 422 g/mol. The van der Waals surface area contributed by atoms with Gasteiger partial charge in [-0.05, 0) is 36.8 Å². The summed E-state index contributed by atoms with van der Waals surface area (Å²) >= 11 is 0. The van der Waals surface area contributed by atoms with Crippen LogP contribution in [0.25, 0.3) is 0 Å². The predicted octanol–water partition coefficient (Wildman–Crippen LogP) is 4.05. The average molecular weight is 422 g/mol. The van der Waals surface area contributed by atoms with E-state index in [1.807, 2.05) is 6.92 Å². The molecule has 1 aromatic rings. The van der Waals surface area contributed by atoms with E-state index in [0.717, 1.165) is 12.8 Å². The number of carbonyl (C=O) groups is 1. The minimum Gasteiger partial charge on any atom is -0.493 e. The third kappa shape index (κ3) is 4.47. The Morgan fingerprint density at radius 2 is 2.10 bits per heavy atom. The fourth-order valence-corrected chi connectivity index (χ4v) is 4.18. The minimum atomic E-state index is -0.771. The van der Waals surface area contributed by atoms with E-state index in [1.54, 1.807) is 13.2 Å². The summed E-state index contributed by atoms with van der Waals surface area (Å²) in [4.78, 5) is 12.4. The van der Waals surface area contributed by atoms with Gasteiger partial charge in [-0.2, -0.15) is 0 Å². The minimum absolute atomic E-state index is 0.0255. The van der Waals surface area contributed by atoms with Crippen LogP contribution in [-0.2, 0) is 25.4 Å². The van der Waals surface area contributed by atoms with E-state index in [1.165, 1.54) is 19.3 Å². The first kappa shape index (κ1) is 22.6. The van der Waals surface area contributed by atoms with Gasteiger partial charge in [-0.1, -0.05) is 20.3 Å². The molecule has 0 N–H and O–H groups in total. The lowest BCUT2D eigenvalue weighted by molar-refractivity contribution is -0.125. The van der Waals surface area contributed by atoms with E-state index in [9.17, 15) is 9.18 Å². The van der Waals surface area contributed by atoms with Crippen molar-refractivity contribution in [3.8, 4) is 11.5 Å². The highest BCUT2D eigenvalue weighted by Crippen LogP contribution is 2.46. The molecular weight excluding hydrogens is 391 g/mol. The van der Waals surface area contributed by atoms with E-state index in [-0.39, 0.29) is 30.2 Å². The predicted molar refractivity (Wildman–Crippen MR) is 109 cm³/mol. The zero-order valence-electron chi connectivity index (χ0n) is 18.2. The first-order valence-electron chi connectivity index (χ1n) is 10.5. The molecule has 1 aliphatic heterocycles. The van der Waals surface area contributed by atoms with E-state index in [4.69, 9.17) is 23.7 Å². The number of methoxy groups -OCH3 is 2. The number of carbonyl (C=O) groups excluding carboxylic acids is 1. The SMILES string of the molecule is CCCCOc1cc(C[C@H](C)[C@]23C[C@H](COC)C(=O)C=C2OCO3)c(F)cc1OC. The summed E-state index contributed by atoms with van der Waals surface area (Å²) in [6.07, 6.45) is 4.27. The third-order valence-corrected chi connectivity index (χ3v) is 5.95. The Morgan fingerprint density at radius 1 is 1.30 bits per heavy atom. The zero-order valence-corrected chi connectivity index (χ0v) is 18.2. The maximum absolute atomic E-state index is 14.8. The van der Waals surface area contributed by atoms with Crippen molar-refractivity contribution >= 4 is 5.78 Å². The van der Waals surface area contributed by atoms with Crippen molar-refractivity contribution in [2.24, 2.45) is 11.8 Å². The summed E-state index contributed by atoms with van der Waals surface area (Å²) in [6, 6.07) is 3.07. The van der Waals surface area contributed by atoms with Crippen LogP contribution >= 0.6 is 0 Å². The number of fused-ring (bicyclic) bond motifs is 1. The first-order chi connectivity index (χ1) is 14.4. The lowest BCUT2D eigenvalue weighted by Gasteiger charge is -2.38. The molecule has 0 bridgehead atoms. The van der Waals surface area contributed by atoms with Crippen LogP contribution in [0.2, 0.25) is 0 Å². The second-order valence-corrected chi connectivity index (χ2v) is 7.97. The van der Waals surface area contributed by atoms with E-state index < -0.39 is 5.60 Å². The lowest BCUT2D eigenvalue weighted by Crippen LogP contribution is -2.46. The molecule has 2 aliphatic rings. The molecule has 1 fully saturated rings. The number of allylic oxidation sites excluding steroid dienone is 1. The number of hydrogen-bond acceptors (Lipinski definition) is 6. The highest BCUT2D eigenvalue weighted by molar-refractivity contribution is 5.93. The van der Waals surface area contributed by atoms with Crippen LogP contribution in [0, 0.1) is 17.7 Å². The van der Waals surface area contributed by atoms with Gasteiger partial charge in [0.15, 0.2) is 24.1 Å². The fraction of sp³-hybridized carbons (Fsp3) is 0.609. The molecule has 0 amide bonds. The largest absolute Gasteiger partial charge is 0.493 e. The van der Waals surface area contributed by atoms with Crippen molar-refractivity contribution in [1.29, 1.82) is 0 Å². The van der Waals surface area contributed by atoms with Crippen LogP contribution in [0.1, 0.15) is 38.7 Å². The summed E-state index contributed by atoms with van der Waals surface area (Å²) in [7, 11) is 3.07. The molecule has 30 heavy (non-hydrogen) atoms. The molecule has 6 nitrogen and oxygen atoms in total. The van der Waals surface area contributed by atoms with Gasteiger partial charge >= 0.3 is 0 Å². The topological polar surface area (TPSA) is 63.2 Å². The second kappa shape index (κ2) is 9.79. The van der Waals surface area contributed by atoms with Crippen LogP contribution in [0.5, 0.6) is 11.5 Å². The van der Waals surface area contributed by atoms with Crippen LogP contribution in [0.4, 0.5) is 4.39 Å². The molecule has 0 aromatic heterocycles. The summed E-state index contributed by atoms with van der Waals surface area (Å²) in [5.41, 5.74) is -0.258. The molecule has 0 radical (unpaired) electrons. The van der Waals surface area contributed by atoms with Crippen molar-refractivity contribution in [3.05, 3.63) is 35.3 Å². The van der Waals surface area contributed by atoms with Crippen molar-refractivity contribution in [3.63, 3.8) is 0 Å². The molecule has 0 spiro atoms. The van der Waals surface area contributed by atoms with Crippen LogP contribution in [0.3, 0.4) is 0 Å². The number of halogens is 1. The van der Waals surface area contributed by atoms with Crippen LogP contribution < -0.4 is 9.47 Å². The van der Waals surface area contributed by atoms with Gasteiger partial charge in [-0.15, -0.1) is 0 Å². The number of ether oxygens (including phenoxy) is 5. The Morgan fingerprint density at radius 3 is 2.80 bits per heavy atom. The molecule has 3 atom stereocenters. The number of rotatable bonds is 10. The average Bonchev–Trinajstić information content (AvgIpc) is 3.14. The Bertz CT molecular complexity index is 792. The Kier molecular flexibility index (Phi) is 7.36. The van der Waals surface area contributed by atoms with Gasteiger partial charge in [0.05, 0.1) is 20.3 Å². The maximum Gasteiger partial charge on any atom is 0.189 e. The van der Waals surface area contributed by atoms with Gasteiger partial charge in [-0.25, -0.2) is 4.39 Å². The van der Waals surface area contributed by atoms with Crippen molar-refractivity contribution in [2.45, 2.75) is 45.1 Å². The van der Waals surface area contributed by atoms with Gasteiger partial charge in [0.25, 0.3) is 0 Å². The second-order valence-electron chi connectivity index (χ2n) is 7.97. The Labute approximate surface area is 177 Å². The fourth-order valence-electron chi connectivity index (χ4n) is 4.18. The van der Waals surface area contributed by atoms with Crippen LogP contribution in [0.15, 0.2) is 24.0 Å². The smallest absolute Gasteiger partial charge is 0.189 e. The van der Waals surface area contributed by atoms with Gasteiger partial charge < -0.3 is 23.7 Å². The Hall–Kier alpha value is -2.12. The summed E-state index contributed by atoms with van der Waals surface area (Å²) in [6.45, 7) is 5.01. The highest BCUT2D eigenvalue weighted by Gasteiger charge is 2.52. The maximum atomic E-state index is 14.8. The standard InChI is InChI=1S/C23H31FO6/c1-5-6-7-28-21-9-16(18(24)10-20(21)27-4)8-15(2)23-12-17(13-26-3)19(25)11-22(23)29-14-30-23/h9-11,15,17H,5-8,12-14H2,1-4H3/t15-,17+,23+/m0/s1. The van der Waals surface area contributed by atoms with Gasteiger partial charge in [0, 0.05) is 25.2 Å². The molecule has 1 aliphatic carbocycles. The summed E-state index contributed by atoms with van der Waals surface area (Å²) < 4.78 is 42.8. The summed E-state index contributed by atoms with van der Waals surface area (Å²) in [5.74, 6) is 0.609. The Balaban J connectivity index is 1.85. The first-order valence-corrected chi connectivity index (χ1v) is 10.5. The van der Waals surface area contributed by atoms with Gasteiger partial charge in [-0.3, -0.25) is 4.79 Å². The molecule has 7 heteroatoms. The van der Waals surface area contributed by atoms with Crippen molar-refractivity contribution in [1.82, 2.24) is 0 Å².